The Kier molecular flexibility index (Phi) is 5.51. The lowest BCUT2D eigenvalue weighted by molar-refractivity contribution is 0.0256. The number of anilines is 2. The first-order chi connectivity index (χ1) is 16.3. The lowest BCUT2D eigenvalue weighted by Gasteiger charge is -2.34. The number of aromatic nitrogens is 4. The molecule has 4 heterocycles. The Hall–Kier alpha value is -1.95. The molecular weight excluding hydrogens is 569 g/mol. The van der Waals surface area contributed by atoms with Gasteiger partial charge in [0, 0.05) is 46.6 Å². The highest BCUT2D eigenvalue weighted by Crippen LogP contribution is 2.54. The van der Waals surface area contributed by atoms with E-state index >= 15 is 0 Å². The van der Waals surface area contributed by atoms with E-state index in [1.54, 1.807) is 4.90 Å². The zero-order chi connectivity index (χ0) is 23.5. The topological polar surface area (TPSA) is 58.0 Å². The van der Waals surface area contributed by atoms with Gasteiger partial charge in [-0.05, 0) is 84.9 Å². The smallest absolute Gasteiger partial charge is 0.267 e. The van der Waals surface area contributed by atoms with E-state index < -0.39 is 5.92 Å². The summed E-state index contributed by atoms with van der Waals surface area (Å²) in [7, 11) is 0. The number of halogens is 3. The van der Waals surface area contributed by atoms with Crippen LogP contribution in [0.3, 0.4) is 0 Å². The molecule has 1 aliphatic carbocycles. The Morgan fingerprint density at radius 3 is 2.35 bits per heavy atom. The van der Waals surface area contributed by atoms with Gasteiger partial charge in [-0.3, -0.25) is 0 Å². The highest BCUT2D eigenvalue weighted by atomic mass is 127. The molecule has 34 heavy (non-hydrogen) atoms. The van der Waals surface area contributed by atoms with Crippen LogP contribution in [0.4, 0.5) is 20.4 Å². The summed E-state index contributed by atoms with van der Waals surface area (Å²) >= 11 is 3.85. The average Bonchev–Trinajstić information content (AvgIpc) is 3.21. The summed E-state index contributed by atoms with van der Waals surface area (Å²) in [6.45, 7) is 3.91. The Bertz CT molecular complexity index is 1230. The van der Waals surface area contributed by atoms with E-state index in [2.05, 4.69) is 65.9 Å². The lowest BCUT2D eigenvalue weighted by Crippen LogP contribution is -2.34. The van der Waals surface area contributed by atoms with E-state index in [1.807, 2.05) is 13.0 Å². The summed E-state index contributed by atoms with van der Waals surface area (Å²) in [5, 5.41) is 10.5. The van der Waals surface area contributed by atoms with Crippen molar-refractivity contribution in [3.8, 4) is 21.3 Å². The van der Waals surface area contributed by atoms with Crippen LogP contribution in [0.1, 0.15) is 37.8 Å². The van der Waals surface area contributed by atoms with E-state index in [4.69, 9.17) is 0 Å². The fourth-order valence-corrected chi connectivity index (χ4v) is 6.30. The van der Waals surface area contributed by atoms with Crippen molar-refractivity contribution >= 4 is 45.6 Å². The number of alkyl halides is 2. The summed E-state index contributed by atoms with van der Waals surface area (Å²) in [6, 6.07) is 8.32. The summed E-state index contributed by atoms with van der Waals surface area (Å²) in [6.07, 6.45) is 5.12. The first-order valence-electron chi connectivity index (χ1n) is 11.7. The molecule has 2 aliphatic heterocycles. The maximum absolute atomic E-state index is 13.7. The van der Waals surface area contributed by atoms with Crippen molar-refractivity contribution in [3.05, 3.63) is 33.5 Å². The molecule has 0 bridgehead atoms. The van der Waals surface area contributed by atoms with E-state index in [-0.39, 0.29) is 19.5 Å². The average molecular weight is 594 g/mol. The van der Waals surface area contributed by atoms with E-state index in [9.17, 15) is 8.78 Å². The number of piperidine rings is 1. The second-order valence-corrected chi connectivity index (χ2v) is 12.0. The third-order valence-corrected chi connectivity index (χ3v) is 8.90. The summed E-state index contributed by atoms with van der Waals surface area (Å²) in [5.41, 5.74) is 4.27. The van der Waals surface area contributed by atoms with Gasteiger partial charge >= 0.3 is 0 Å². The second kappa shape index (κ2) is 8.32. The fourth-order valence-electron chi connectivity index (χ4n) is 4.99. The van der Waals surface area contributed by atoms with Gasteiger partial charge in [-0.2, -0.15) is 0 Å². The SMILES string of the molecule is Cc1cc(-c2nnc(-c3ccc(I)cc3N3CCC4(CC3)CC4)s2)nc(N2CCC(F)(F)C2)n1. The molecule has 178 valence electrons. The molecule has 1 spiro atoms. The van der Waals surface area contributed by atoms with Crippen LogP contribution >= 0.6 is 33.9 Å². The second-order valence-electron chi connectivity index (χ2n) is 9.78. The Labute approximate surface area is 215 Å². The van der Waals surface area contributed by atoms with Crippen LogP contribution in [0.15, 0.2) is 24.3 Å². The molecular formula is C24H25F2IN6S. The quantitative estimate of drug-likeness (QED) is 0.356. The van der Waals surface area contributed by atoms with Crippen molar-refractivity contribution in [2.45, 2.75) is 45.0 Å². The van der Waals surface area contributed by atoms with Gasteiger partial charge in [0.05, 0.1) is 6.54 Å². The standard InChI is InChI=1S/C24H25F2IN6S/c1-15-12-18(29-22(28-15)33-11-8-24(25,26)14-33)21-31-30-20(34-21)17-3-2-16(27)13-19(17)32-9-6-23(4-5-23)7-10-32/h2-3,12-13H,4-11,14H2,1H3. The molecule has 0 amide bonds. The first-order valence-corrected chi connectivity index (χ1v) is 13.6. The van der Waals surface area contributed by atoms with E-state index in [0.29, 0.717) is 22.1 Å². The van der Waals surface area contributed by atoms with Crippen molar-refractivity contribution in [3.63, 3.8) is 0 Å². The first kappa shape index (κ1) is 22.5. The predicted octanol–water partition coefficient (Wildman–Crippen LogP) is 5.80. The number of benzene rings is 1. The molecule has 1 saturated carbocycles. The summed E-state index contributed by atoms with van der Waals surface area (Å²) in [4.78, 5) is 13.0. The molecule has 6 nitrogen and oxygen atoms in total. The van der Waals surface area contributed by atoms with E-state index in [1.165, 1.54) is 46.3 Å². The summed E-state index contributed by atoms with van der Waals surface area (Å²) in [5.74, 6) is -2.36. The van der Waals surface area contributed by atoms with Crippen LogP contribution in [-0.4, -0.2) is 52.3 Å². The van der Waals surface area contributed by atoms with Crippen molar-refractivity contribution < 1.29 is 8.78 Å². The van der Waals surface area contributed by atoms with Crippen LogP contribution in [0.5, 0.6) is 0 Å². The van der Waals surface area contributed by atoms with Gasteiger partial charge in [0.1, 0.15) is 10.7 Å². The molecule has 6 rings (SSSR count). The van der Waals surface area contributed by atoms with Gasteiger partial charge in [-0.25, -0.2) is 18.7 Å². The normalized spacial score (nSPS) is 20.8. The molecule has 2 aromatic heterocycles. The molecule has 0 radical (unpaired) electrons. The minimum atomic E-state index is -2.70. The minimum Gasteiger partial charge on any atom is -0.371 e. The number of aryl methyl sites for hydroxylation is 1. The molecule has 3 aliphatic rings. The van der Waals surface area contributed by atoms with Crippen molar-refractivity contribution in [2.75, 3.05) is 36.0 Å². The fraction of sp³-hybridized carbons (Fsp3) is 0.500. The van der Waals surface area contributed by atoms with Gasteiger partial charge in [-0.15, -0.1) is 10.2 Å². The molecule has 3 fully saturated rings. The Balaban J connectivity index is 1.30. The molecule has 2 saturated heterocycles. The lowest BCUT2D eigenvalue weighted by atomic mass is 9.93. The largest absolute Gasteiger partial charge is 0.371 e. The van der Waals surface area contributed by atoms with Crippen LogP contribution in [0, 0.1) is 15.9 Å². The van der Waals surface area contributed by atoms with Gasteiger partial charge in [-0.1, -0.05) is 11.3 Å². The Morgan fingerprint density at radius 2 is 1.65 bits per heavy atom. The predicted molar refractivity (Wildman–Crippen MR) is 139 cm³/mol. The maximum atomic E-state index is 13.7. The minimum absolute atomic E-state index is 0.171. The van der Waals surface area contributed by atoms with Crippen LogP contribution in [0.25, 0.3) is 21.3 Å². The van der Waals surface area contributed by atoms with Crippen molar-refractivity contribution in [1.29, 1.82) is 0 Å². The summed E-state index contributed by atoms with van der Waals surface area (Å²) < 4.78 is 28.7. The highest BCUT2D eigenvalue weighted by molar-refractivity contribution is 14.1. The zero-order valence-corrected chi connectivity index (χ0v) is 21.9. The van der Waals surface area contributed by atoms with Gasteiger partial charge in [0.2, 0.25) is 5.95 Å². The van der Waals surface area contributed by atoms with Crippen LogP contribution in [0.2, 0.25) is 0 Å². The van der Waals surface area contributed by atoms with Gasteiger partial charge in [0.15, 0.2) is 5.01 Å². The molecule has 3 aromatic rings. The van der Waals surface area contributed by atoms with Gasteiger partial charge < -0.3 is 9.80 Å². The molecule has 0 unspecified atom stereocenters. The number of hydrogen-bond acceptors (Lipinski definition) is 7. The monoisotopic (exact) mass is 594 g/mol. The molecule has 0 N–H and O–H groups in total. The van der Waals surface area contributed by atoms with Gasteiger partial charge in [0.25, 0.3) is 5.92 Å². The number of rotatable bonds is 4. The van der Waals surface area contributed by atoms with E-state index in [0.717, 1.165) is 29.4 Å². The Morgan fingerprint density at radius 1 is 0.912 bits per heavy atom. The van der Waals surface area contributed by atoms with Crippen LogP contribution < -0.4 is 9.80 Å². The van der Waals surface area contributed by atoms with Crippen molar-refractivity contribution in [2.24, 2.45) is 5.41 Å². The zero-order valence-electron chi connectivity index (χ0n) is 18.9. The van der Waals surface area contributed by atoms with Crippen LogP contribution in [-0.2, 0) is 0 Å². The molecule has 1 aromatic carbocycles. The number of nitrogens with zero attached hydrogens (tertiary/aromatic N) is 6. The third kappa shape index (κ3) is 4.38. The number of hydrogen-bond donors (Lipinski definition) is 0. The highest BCUT2D eigenvalue weighted by Gasteiger charge is 2.44. The molecule has 10 heteroatoms. The maximum Gasteiger partial charge on any atom is 0.267 e. The van der Waals surface area contributed by atoms with Crippen molar-refractivity contribution in [1.82, 2.24) is 20.2 Å². The molecule has 0 atom stereocenters. The third-order valence-electron chi connectivity index (χ3n) is 7.25.